The molecule has 5 nitrogen and oxygen atoms in total. The molecule has 0 unspecified atom stereocenters. The standard InChI is InChI=1S/C14H15F2N3O2/c1-8-17-18-14(21-8)7-19-6-10(20)5-13(19)9-2-3-11(15)12(16)4-9/h2-4,10,13,20H,5-7H2,1H3/t10-,13-/m1/s1. The van der Waals surface area contributed by atoms with E-state index in [2.05, 4.69) is 10.2 Å². The second kappa shape index (κ2) is 5.50. The summed E-state index contributed by atoms with van der Waals surface area (Å²) in [5, 5.41) is 17.5. The molecule has 0 saturated carbocycles. The Kier molecular flexibility index (Phi) is 3.69. The summed E-state index contributed by atoms with van der Waals surface area (Å²) in [5.41, 5.74) is 0.627. The van der Waals surface area contributed by atoms with Gasteiger partial charge in [0.05, 0.1) is 12.6 Å². The molecular weight excluding hydrogens is 280 g/mol. The second-order valence-electron chi connectivity index (χ2n) is 5.22. The first-order chi connectivity index (χ1) is 10.0. The van der Waals surface area contributed by atoms with E-state index in [0.29, 0.717) is 36.9 Å². The van der Waals surface area contributed by atoms with Crippen molar-refractivity contribution in [2.45, 2.75) is 32.0 Å². The maximum atomic E-state index is 13.4. The van der Waals surface area contributed by atoms with Crippen molar-refractivity contribution >= 4 is 0 Å². The lowest BCUT2D eigenvalue weighted by atomic mass is 10.0. The van der Waals surface area contributed by atoms with Crippen LogP contribution < -0.4 is 0 Å². The van der Waals surface area contributed by atoms with E-state index in [1.807, 2.05) is 4.90 Å². The SMILES string of the molecule is Cc1nnc(CN2C[C@H](O)C[C@@H]2c2ccc(F)c(F)c2)o1. The fraction of sp³-hybridized carbons (Fsp3) is 0.429. The van der Waals surface area contributed by atoms with E-state index < -0.39 is 17.7 Å². The Labute approximate surface area is 120 Å². The van der Waals surface area contributed by atoms with E-state index in [-0.39, 0.29) is 6.04 Å². The number of hydrogen-bond acceptors (Lipinski definition) is 5. The Bertz CT molecular complexity index is 647. The van der Waals surface area contributed by atoms with Crippen LogP contribution in [0.2, 0.25) is 0 Å². The third-order valence-electron chi connectivity index (χ3n) is 3.62. The number of hydrogen-bond donors (Lipinski definition) is 1. The van der Waals surface area contributed by atoms with Gasteiger partial charge in [-0.15, -0.1) is 10.2 Å². The molecule has 1 fully saturated rings. The molecule has 0 spiro atoms. The molecule has 0 radical (unpaired) electrons. The summed E-state index contributed by atoms with van der Waals surface area (Å²) in [4.78, 5) is 1.92. The fourth-order valence-corrected chi connectivity index (χ4v) is 2.70. The van der Waals surface area contributed by atoms with Gasteiger partial charge in [0, 0.05) is 19.5 Å². The number of aryl methyl sites for hydroxylation is 1. The van der Waals surface area contributed by atoms with Crippen molar-refractivity contribution in [1.82, 2.24) is 15.1 Å². The Morgan fingerprint density at radius 3 is 2.81 bits per heavy atom. The molecule has 1 aliphatic rings. The summed E-state index contributed by atoms with van der Waals surface area (Å²) in [7, 11) is 0. The van der Waals surface area contributed by atoms with Gasteiger partial charge in [-0.2, -0.15) is 0 Å². The lowest BCUT2D eigenvalue weighted by Crippen LogP contribution is -2.24. The summed E-state index contributed by atoms with van der Waals surface area (Å²) in [5.74, 6) is -0.859. The van der Waals surface area contributed by atoms with Crippen molar-refractivity contribution in [3.8, 4) is 0 Å². The minimum absolute atomic E-state index is 0.206. The van der Waals surface area contributed by atoms with Crippen LogP contribution in [0.5, 0.6) is 0 Å². The predicted molar refractivity (Wildman–Crippen MR) is 69.2 cm³/mol. The molecule has 112 valence electrons. The Balaban J connectivity index is 1.83. The van der Waals surface area contributed by atoms with Crippen molar-refractivity contribution in [1.29, 1.82) is 0 Å². The van der Waals surface area contributed by atoms with Crippen LogP contribution in [-0.2, 0) is 6.54 Å². The molecular formula is C14H15F2N3O2. The lowest BCUT2D eigenvalue weighted by Gasteiger charge is -2.22. The van der Waals surface area contributed by atoms with Crippen LogP contribution in [0.3, 0.4) is 0 Å². The molecule has 1 saturated heterocycles. The van der Waals surface area contributed by atoms with Crippen LogP contribution in [-0.4, -0.2) is 32.9 Å². The van der Waals surface area contributed by atoms with E-state index in [0.717, 1.165) is 6.07 Å². The molecule has 1 aliphatic heterocycles. The molecule has 0 amide bonds. The molecule has 21 heavy (non-hydrogen) atoms. The van der Waals surface area contributed by atoms with Gasteiger partial charge in [-0.1, -0.05) is 6.07 Å². The van der Waals surface area contributed by atoms with Gasteiger partial charge in [0.15, 0.2) is 11.6 Å². The van der Waals surface area contributed by atoms with Crippen LogP contribution >= 0.6 is 0 Å². The topological polar surface area (TPSA) is 62.4 Å². The average Bonchev–Trinajstić information content (AvgIpc) is 3.00. The predicted octanol–water partition coefficient (Wildman–Crippen LogP) is 1.96. The third kappa shape index (κ3) is 2.93. The molecule has 7 heteroatoms. The number of aliphatic hydroxyl groups is 1. The molecule has 0 bridgehead atoms. The zero-order chi connectivity index (χ0) is 15.0. The smallest absolute Gasteiger partial charge is 0.230 e. The maximum absolute atomic E-state index is 13.4. The van der Waals surface area contributed by atoms with E-state index >= 15 is 0 Å². The Morgan fingerprint density at radius 1 is 1.33 bits per heavy atom. The van der Waals surface area contributed by atoms with Gasteiger partial charge >= 0.3 is 0 Å². The number of β-amino-alcohol motifs (C(OH)–C–C–N with tert-alkyl or cyclic N) is 1. The van der Waals surface area contributed by atoms with Crippen LogP contribution in [0.1, 0.15) is 29.8 Å². The molecule has 0 aliphatic carbocycles. The highest BCUT2D eigenvalue weighted by Crippen LogP contribution is 2.33. The zero-order valence-electron chi connectivity index (χ0n) is 11.5. The highest BCUT2D eigenvalue weighted by molar-refractivity contribution is 5.22. The minimum atomic E-state index is -0.887. The first-order valence-electron chi connectivity index (χ1n) is 6.69. The zero-order valence-corrected chi connectivity index (χ0v) is 11.5. The summed E-state index contributed by atoms with van der Waals surface area (Å²) < 4.78 is 31.8. The number of halogens is 2. The lowest BCUT2D eigenvalue weighted by molar-refractivity contribution is 0.167. The van der Waals surface area contributed by atoms with Gasteiger partial charge in [-0.25, -0.2) is 8.78 Å². The van der Waals surface area contributed by atoms with Gasteiger partial charge in [0.25, 0.3) is 0 Å². The highest BCUT2D eigenvalue weighted by Gasteiger charge is 2.33. The van der Waals surface area contributed by atoms with Gasteiger partial charge in [-0.3, -0.25) is 4.90 Å². The molecule has 1 aromatic carbocycles. The van der Waals surface area contributed by atoms with Crippen LogP contribution in [0.4, 0.5) is 8.78 Å². The molecule has 1 N–H and O–H groups in total. The van der Waals surface area contributed by atoms with Crippen molar-refractivity contribution < 1.29 is 18.3 Å². The Morgan fingerprint density at radius 2 is 2.14 bits per heavy atom. The fourth-order valence-electron chi connectivity index (χ4n) is 2.70. The number of nitrogens with zero attached hydrogens (tertiary/aromatic N) is 3. The third-order valence-corrected chi connectivity index (χ3v) is 3.62. The minimum Gasteiger partial charge on any atom is -0.424 e. The normalized spacial score (nSPS) is 22.9. The monoisotopic (exact) mass is 295 g/mol. The summed E-state index contributed by atoms with van der Waals surface area (Å²) in [6.45, 7) is 2.48. The van der Waals surface area contributed by atoms with Crippen LogP contribution in [0, 0.1) is 18.6 Å². The number of aromatic nitrogens is 2. The molecule has 2 aromatic rings. The van der Waals surface area contributed by atoms with Crippen molar-refractivity contribution in [2.75, 3.05) is 6.54 Å². The van der Waals surface area contributed by atoms with Gasteiger partial charge in [-0.05, 0) is 24.1 Å². The van der Waals surface area contributed by atoms with Crippen molar-refractivity contribution in [3.05, 3.63) is 47.2 Å². The van der Waals surface area contributed by atoms with E-state index in [1.54, 1.807) is 6.92 Å². The molecule has 2 atom stereocenters. The first kappa shape index (κ1) is 14.1. The van der Waals surface area contributed by atoms with E-state index in [1.165, 1.54) is 12.1 Å². The molecule has 2 heterocycles. The molecule has 3 rings (SSSR count). The number of aliphatic hydroxyl groups excluding tert-OH is 1. The summed E-state index contributed by atoms with van der Waals surface area (Å²) in [6, 6.07) is 3.60. The largest absolute Gasteiger partial charge is 0.424 e. The Hall–Kier alpha value is -1.86. The number of rotatable bonds is 3. The first-order valence-corrected chi connectivity index (χ1v) is 6.69. The van der Waals surface area contributed by atoms with Crippen molar-refractivity contribution in [2.24, 2.45) is 0 Å². The number of likely N-dealkylation sites (tertiary alicyclic amines) is 1. The second-order valence-corrected chi connectivity index (χ2v) is 5.22. The van der Waals surface area contributed by atoms with Crippen molar-refractivity contribution in [3.63, 3.8) is 0 Å². The van der Waals surface area contributed by atoms with Gasteiger partial charge in [0.2, 0.25) is 11.8 Å². The summed E-state index contributed by atoms with van der Waals surface area (Å²) in [6.07, 6.45) is -0.0646. The van der Waals surface area contributed by atoms with E-state index in [9.17, 15) is 13.9 Å². The quantitative estimate of drug-likeness (QED) is 0.938. The van der Waals surface area contributed by atoms with Crippen LogP contribution in [0.15, 0.2) is 22.6 Å². The molecule has 1 aromatic heterocycles. The van der Waals surface area contributed by atoms with Gasteiger partial charge < -0.3 is 9.52 Å². The van der Waals surface area contributed by atoms with Gasteiger partial charge in [0.1, 0.15) is 0 Å². The van der Waals surface area contributed by atoms with E-state index in [4.69, 9.17) is 4.42 Å². The maximum Gasteiger partial charge on any atom is 0.230 e. The highest BCUT2D eigenvalue weighted by atomic mass is 19.2. The summed E-state index contributed by atoms with van der Waals surface area (Å²) >= 11 is 0. The van der Waals surface area contributed by atoms with Crippen LogP contribution in [0.25, 0.3) is 0 Å². The number of benzene rings is 1. The average molecular weight is 295 g/mol.